The highest BCUT2D eigenvalue weighted by atomic mass is 14.0. The number of hydrogen-bond donors (Lipinski definition) is 0. The molecule has 48 heavy (non-hydrogen) atoms. The Hall–Kier alpha value is -5.72. The molecule has 0 saturated carbocycles. The lowest BCUT2D eigenvalue weighted by atomic mass is 10.0. The number of aryl methyl sites for hydroxylation is 4. The summed E-state index contributed by atoms with van der Waals surface area (Å²) in [6.45, 7) is 8.44. The van der Waals surface area contributed by atoms with Crippen molar-refractivity contribution >= 4 is 48.6 Å². The molecule has 0 amide bonds. The Bertz CT molecular complexity index is 1850. The molecule has 0 nitrogen and oxygen atoms in total. The molecule has 6 rings (SSSR count). The van der Waals surface area contributed by atoms with Crippen molar-refractivity contribution in [3.05, 3.63) is 212 Å². The van der Waals surface area contributed by atoms with E-state index in [1.807, 2.05) is 0 Å². The fourth-order valence-electron chi connectivity index (χ4n) is 5.05. The maximum absolute atomic E-state index is 2.20. The van der Waals surface area contributed by atoms with Crippen molar-refractivity contribution in [2.24, 2.45) is 0 Å². The zero-order valence-electron chi connectivity index (χ0n) is 28.5. The van der Waals surface area contributed by atoms with Crippen LogP contribution in [0.2, 0.25) is 0 Å². The second kappa shape index (κ2) is 17.3. The highest BCUT2D eigenvalue weighted by molar-refractivity contribution is 5.79. The minimum Gasteiger partial charge on any atom is -0.0616 e. The molecule has 0 spiro atoms. The van der Waals surface area contributed by atoms with Crippen LogP contribution in [-0.4, -0.2) is 0 Å². The van der Waals surface area contributed by atoms with E-state index in [1.165, 1.54) is 66.8 Å². The highest BCUT2D eigenvalue weighted by Gasteiger charge is 1.96. The fourth-order valence-corrected chi connectivity index (χ4v) is 5.05. The molecule has 6 aromatic carbocycles. The molecule has 0 aliphatic rings. The van der Waals surface area contributed by atoms with Crippen LogP contribution in [0.5, 0.6) is 0 Å². The Morgan fingerprint density at radius 1 is 0.250 bits per heavy atom. The van der Waals surface area contributed by atoms with E-state index in [0.29, 0.717) is 0 Å². The second-order valence-corrected chi connectivity index (χ2v) is 12.3. The van der Waals surface area contributed by atoms with E-state index in [0.717, 1.165) is 0 Å². The first kappa shape index (κ1) is 33.6. The van der Waals surface area contributed by atoms with Gasteiger partial charge in [0.1, 0.15) is 0 Å². The molecule has 0 fully saturated rings. The molecular formula is C48H44. The van der Waals surface area contributed by atoms with Gasteiger partial charge in [0.25, 0.3) is 0 Å². The Balaban J connectivity index is 0.000000188. The minimum absolute atomic E-state index is 1.21. The van der Waals surface area contributed by atoms with Gasteiger partial charge in [-0.05, 0) is 78.3 Å². The zero-order chi connectivity index (χ0) is 33.6. The van der Waals surface area contributed by atoms with Gasteiger partial charge in [-0.15, -0.1) is 0 Å². The fraction of sp³-hybridized carbons (Fsp3) is 0.0833. The second-order valence-electron chi connectivity index (χ2n) is 12.3. The van der Waals surface area contributed by atoms with E-state index in [4.69, 9.17) is 0 Å². The first-order valence-corrected chi connectivity index (χ1v) is 16.6. The van der Waals surface area contributed by atoms with E-state index < -0.39 is 0 Å². The van der Waals surface area contributed by atoms with Crippen LogP contribution < -0.4 is 0 Å². The Morgan fingerprint density at radius 2 is 0.521 bits per heavy atom. The summed E-state index contributed by atoms with van der Waals surface area (Å²) in [7, 11) is 0. The van der Waals surface area contributed by atoms with Gasteiger partial charge in [0.2, 0.25) is 0 Å². The van der Waals surface area contributed by atoms with Crippen molar-refractivity contribution in [1.29, 1.82) is 0 Å². The van der Waals surface area contributed by atoms with E-state index in [2.05, 4.69) is 222 Å². The zero-order valence-corrected chi connectivity index (χ0v) is 28.5. The van der Waals surface area contributed by atoms with Gasteiger partial charge in [0.05, 0.1) is 0 Å². The van der Waals surface area contributed by atoms with Crippen molar-refractivity contribution in [3.8, 4) is 0 Å². The van der Waals surface area contributed by atoms with Gasteiger partial charge >= 0.3 is 0 Å². The topological polar surface area (TPSA) is 0 Å². The quantitative estimate of drug-likeness (QED) is 0.149. The lowest BCUT2D eigenvalue weighted by Crippen LogP contribution is -1.80. The Labute approximate surface area is 287 Å². The van der Waals surface area contributed by atoms with Crippen molar-refractivity contribution in [3.63, 3.8) is 0 Å². The van der Waals surface area contributed by atoms with Crippen molar-refractivity contribution in [2.75, 3.05) is 0 Å². The summed E-state index contributed by atoms with van der Waals surface area (Å²) >= 11 is 0. The van der Waals surface area contributed by atoms with Crippen LogP contribution in [0.3, 0.4) is 0 Å². The average molecular weight is 621 g/mol. The molecule has 0 atom stereocenters. The molecule has 0 radical (unpaired) electrons. The van der Waals surface area contributed by atoms with Gasteiger partial charge < -0.3 is 0 Å². The molecule has 0 heteroatoms. The number of hydrogen-bond acceptors (Lipinski definition) is 0. The lowest BCUT2D eigenvalue weighted by Gasteiger charge is -2.02. The van der Waals surface area contributed by atoms with Gasteiger partial charge in [-0.25, -0.2) is 0 Å². The third kappa shape index (κ3) is 11.0. The Morgan fingerprint density at radius 3 is 0.833 bits per heavy atom. The monoisotopic (exact) mass is 620 g/mol. The third-order valence-electron chi connectivity index (χ3n) is 8.06. The average Bonchev–Trinajstić information content (AvgIpc) is 3.11. The van der Waals surface area contributed by atoms with Crippen LogP contribution in [0.1, 0.15) is 66.8 Å². The molecule has 0 aliphatic carbocycles. The number of rotatable bonds is 8. The van der Waals surface area contributed by atoms with E-state index in [9.17, 15) is 0 Å². The summed E-state index contributed by atoms with van der Waals surface area (Å²) in [6.07, 6.45) is 17.3. The largest absolute Gasteiger partial charge is 0.0616 e. The third-order valence-corrected chi connectivity index (χ3v) is 8.06. The van der Waals surface area contributed by atoms with Gasteiger partial charge in [0, 0.05) is 0 Å². The summed E-state index contributed by atoms with van der Waals surface area (Å²) in [5.41, 5.74) is 14.9. The maximum atomic E-state index is 2.20. The molecule has 6 aromatic rings. The summed E-state index contributed by atoms with van der Waals surface area (Å²) in [6, 6.07) is 51.3. The lowest BCUT2D eigenvalue weighted by molar-refractivity contribution is 1.46. The SMILES string of the molecule is Cc1ccc(C=Cc2cccc(C=Cc3ccc(C)cc3)c2)cc1.Cc1ccc(C=Cc2ccccc2C=Cc2ccc(C)cc2)cc1. The van der Waals surface area contributed by atoms with Gasteiger partial charge in [0.15, 0.2) is 0 Å². The van der Waals surface area contributed by atoms with E-state index >= 15 is 0 Å². The van der Waals surface area contributed by atoms with Gasteiger partial charge in [-0.1, -0.05) is 210 Å². The van der Waals surface area contributed by atoms with Crippen molar-refractivity contribution in [1.82, 2.24) is 0 Å². The molecule has 0 heterocycles. The molecule has 236 valence electrons. The maximum Gasteiger partial charge on any atom is -0.0184 e. The smallest absolute Gasteiger partial charge is 0.0184 e. The van der Waals surface area contributed by atoms with Crippen molar-refractivity contribution in [2.45, 2.75) is 27.7 Å². The highest BCUT2D eigenvalue weighted by Crippen LogP contribution is 2.18. The first-order chi connectivity index (χ1) is 23.4. The molecular weight excluding hydrogens is 577 g/mol. The molecule has 0 aliphatic heterocycles. The van der Waals surface area contributed by atoms with Crippen molar-refractivity contribution < 1.29 is 0 Å². The predicted octanol–water partition coefficient (Wildman–Crippen LogP) is 13.3. The molecule has 0 N–H and O–H groups in total. The van der Waals surface area contributed by atoms with Gasteiger partial charge in [-0.3, -0.25) is 0 Å². The van der Waals surface area contributed by atoms with E-state index in [1.54, 1.807) is 0 Å². The summed E-state index contributed by atoms with van der Waals surface area (Å²) in [5, 5.41) is 0. The van der Waals surface area contributed by atoms with Crippen LogP contribution >= 0.6 is 0 Å². The Kier molecular flexibility index (Phi) is 12.1. The summed E-state index contributed by atoms with van der Waals surface area (Å²) in [4.78, 5) is 0. The molecule has 0 bridgehead atoms. The van der Waals surface area contributed by atoms with E-state index in [-0.39, 0.29) is 0 Å². The molecule has 0 unspecified atom stereocenters. The van der Waals surface area contributed by atoms with Crippen LogP contribution in [-0.2, 0) is 0 Å². The molecule has 0 aromatic heterocycles. The summed E-state index contributed by atoms with van der Waals surface area (Å²) in [5.74, 6) is 0. The number of benzene rings is 6. The van der Waals surface area contributed by atoms with Gasteiger partial charge in [-0.2, -0.15) is 0 Å². The van der Waals surface area contributed by atoms with Crippen LogP contribution in [0, 0.1) is 27.7 Å². The predicted molar refractivity (Wildman–Crippen MR) is 213 cm³/mol. The first-order valence-electron chi connectivity index (χ1n) is 16.6. The van der Waals surface area contributed by atoms with Crippen LogP contribution in [0.25, 0.3) is 48.6 Å². The standard InChI is InChI=1S/2C24H22/c1-19-6-10-21(11-7-19)14-16-23-4-3-5-24(18-23)17-15-22-12-8-20(2)9-13-22;1-19-7-11-21(12-8-19)15-17-23-5-3-4-6-24(23)18-16-22-13-9-20(2)10-14-22/h2*3-18H,1-2H3. The molecule has 0 saturated heterocycles. The summed E-state index contributed by atoms with van der Waals surface area (Å²) < 4.78 is 0. The van der Waals surface area contributed by atoms with Crippen LogP contribution in [0.4, 0.5) is 0 Å². The minimum atomic E-state index is 1.21. The van der Waals surface area contributed by atoms with Crippen LogP contribution in [0.15, 0.2) is 146 Å². The normalized spacial score (nSPS) is 11.4.